The Balaban J connectivity index is 2.55. The van der Waals surface area contributed by atoms with Gasteiger partial charge in [0, 0.05) is 11.1 Å². The Morgan fingerprint density at radius 2 is 2.07 bits per heavy atom. The molecule has 0 aromatic heterocycles. The first-order valence-electron chi connectivity index (χ1n) is 8.87. The summed E-state index contributed by atoms with van der Waals surface area (Å²) in [5, 5.41) is 21.5. The maximum atomic E-state index is 12.4. The van der Waals surface area contributed by atoms with E-state index in [-0.39, 0.29) is 17.1 Å². The highest BCUT2D eigenvalue weighted by atomic mass is 16.6. The standard InChI is InChI=1S/C20H26O7/c1-6-11(3)18(23)27-16-15-12(4)19(24)26-13(15)9-10(2)7-8-14(21)20(5,25)17(16)22/h6-8,10,13,15-17,22,25H,4,9H2,1-3,5H3. The van der Waals surface area contributed by atoms with Crippen LogP contribution in [0.2, 0.25) is 0 Å². The number of hydrogen-bond donors (Lipinski definition) is 2. The van der Waals surface area contributed by atoms with Crippen molar-refractivity contribution in [1.29, 1.82) is 0 Å². The number of carbonyl (C=O) groups is 3. The minimum absolute atomic E-state index is 0.0370. The molecule has 2 N–H and O–H groups in total. The fraction of sp³-hybridized carbons (Fsp3) is 0.550. The average molecular weight is 378 g/mol. The van der Waals surface area contributed by atoms with Crippen LogP contribution in [0, 0.1) is 11.8 Å². The molecule has 1 heterocycles. The van der Waals surface area contributed by atoms with Gasteiger partial charge in [0.05, 0.1) is 5.92 Å². The maximum absolute atomic E-state index is 12.4. The van der Waals surface area contributed by atoms with Gasteiger partial charge in [-0.15, -0.1) is 0 Å². The third-order valence-electron chi connectivity index (χ3n) is 5.24. The van der Waals surface area contributed by atoms with Gasteiger partial charge in [0.25, 0.3) is 0 Å². The number of carbonyl (C=O) groups excluding carboxylic acids is 3. The fourth-order valence-electron chi connectivity index (χ4n) is 3.25. The lowest BCUT2D eigenvalue weighted by Gasteiger charge is -2.37. The minimum atomic E-state index is -2.22. The number of aliphatic hydroxyl groups is 2. The molecule has 1 aliphatic carbocycles. The molecule has 0 aromatic carbocycles. The Bertz CT molecular complexity index is 716. The van der Waals surface area contributed by atoms with Crippen LogP contribution in [-0.4, -0.2) is 51.8 Å². The third-order valence-corrected chi connectivity index (χ3v) is 5.24. The molecule has 148 valence electrons. The van der Waals surface area contributed by atoms with Crippen LogP contribution in [0.25, 0.3) is 0 Å². The topological polar surface area (TPSA) is 110 Å². The van der Waals surface area contributed by atoms with Crippen LogP contribution in [0.3, 0.4) is 0 Å². The molecule has 6 unspecified atom stereocenters. The Labute approximate surface area is 158 Å². The minimum Gasteiger partial charge on any atom is -0.458 e. The van der Waals surface area contributed by atoms with Crippen molar-refractivity contribution in [2.45, 2.75) is 58.0 Å². The van der Waals surface area contributed by atoms with Gasteiger partial charge >= 0.3 is 11.9 Å². The summed E-state index contributed by atoms with van der Waals surface area (Å²) in [5.41, 5.74) is -1.90. The number of ether oxygens (including phenoxy) is 2. The largest absolute Gasteiger partial charge is 0.458 e. The van der Waals surface area contributed by atoms with E-state index in [9.17, 15) is 24.6 Å². The number of ketones is 1. The van der Waals surface area contributed by atoms with E-state index in [0.717, 1.165) is 6.92 Å². The number of allylic oxidation sites excluding steroid dienone is 2. The smallest absolute Gasteiger partial charge is 0.334 e. The van der Waals surface area contributed by atoms with Gasteiger partial charge in [0.15, 0.2) is 11.4 Å². The van der Waals surface area contributed by atoms with Crippen molar-refractivity contribution in [2.24, 2.45) is 11.8 Å². The molecule has 0 aromatic rings. The normalized spacial score (nSPS) is 37.6. The van der Waals surface area contributed by atoms with Gasteiger partial charge in [-0.1, -0.05) is 25.7 Å². The molecule has 1 saturated heterocycles. The second-order valence-corrected chi connectivity index (χ2v) is 7.37. The Kier molecular flexibility index (Phi) is 6.07. The van der Waals surface area contributed by atoms with E-state index in [1.54, 1.807) is 13.0 Å². The van der Waals surface area contributed by atoms with E-state index in [0.29, 0.717) is 6.42 Å². The summed E-state index contributed by atoms with van der Waals surface area (Å²) in [7, 11) is 0. The summed E-state index contributed by atoms with van der Waals surface area (Å²) < 4.78 is 10.8. The van der Waals surface area contributed by atoms with Crippen LogP contribution in [0.4, 0.5) is 0 Å². The van der Waals surface area contributed by atoms with Gasteiger partial charge in [-0.2, -0.15) is 0 Å². The Morgan fingerprint density at radius 1 is 1.44 bits per heavy atom. The lowest BCUT2D eigenvalue weighted by atomic mass is 9.77. The van der Waals surface area contributed by atoms with Crippen molar-refractivity contribution in [2.75, 3.05) is 0 Å². The van der Waals surface area contributed by atoms with Crippen LogP contribution in [0.5, 0.6) is 0 Å². The molecule has 27 heavy (non-hydrogen) atoms. The average Bonchev–Trinajstić information content (AvgIpc) is 2.88. The Hall–Kier alpha value is -2.25. The monoisotopic (exact) mass is 378 g/mol. The molecule has 7 heteroatoms. The number of rotatable bonds is 2. The molecule has 1 aliphatic heterocycles. The van der Waals surface area contributed by atoms with E-state index in [2.05, 4.69) is 6.58 Å². The summed E-state index contributed by atoms with van der Waals surface area (Å²) >= 11 is 0. The summed E-state index contributed by atoms with van der Waals surface area (Å²) in [6, 6.07) is 0. The molecule has 0 radical (unpaired) electrons. The van der Waals surface area contributed by atoms with Crippen molar-refractivity contribution in [3.63, 3.8) is 0 Å². The van der Waals surface area contributed by atoms with Gasteiger partial charge in [-0.25, -0.2) is 9.59 Å². The number of fused-ring (bicyclic) bond motifs is 1. The first-order chi connectivity index (χ1) is 12.5. The van der Waals surface area contributed by atoms with E-state index in [1.165, 1.54) is 19.1 Å². The van der Waals surface area contributed by atoms with Crippen molar-refractivity contribution in [1.82, 2.24) is 0 Å². The molecule has 0 amide bonds. The van der Waals surface area contributed by atoms with Gasteiger partial charge in [0.1, 0.15) is 18.3 Å². The number of aliphatic hydroxyl groups excluding tert-OH is 1. The van der Waals surface area contributed by atoms with Crippen LogP contribution < -0.4 is 0 Å². The van der Waals surface area contributed by atoms with Crippen molar-refractivity contribution < 1.29 is 34.1 Å². The highest BCUT2D eigenvalue weighted by Crippen LogP contribution is 2.39. The Morgan fingerprint density at radius 3 is 2.67 bits per heavy atom. The second kappa shape index (κ2) is 7.78. The molecule has 7 nitrogen and oxygen atoms in total. The van der Waals surface area contributed by atoms with Crippen LogP contribution >= 0.6 is 0 Å². The highest BCUT2D eigenvalue weighted by Gasteiger charge is 2.53. The van der Waals surface area contributed by atoms with E-state index < -0.39 is 47.6 Å². The maximum Gasteiger partial charge on any atom is 0.334 e. The quantitative estimate of drug-likeness (QED) is 0.549. The molecule has 0 spiro atoms. The first kappa shape index (κ1) is 21.1. The molecular weight excluding hydrogens is 352 g/mol. The lowest BCUT2D eigenvalue weighted by Crippen LogP contribution is -2.56. The van der Waals surface area contributed by atoms with Crippen LogP contribution in [-0.2, 0) is 23.9 Å². The zero-order valence-corrected chi connectivity index (χ0v) is 16.0. The summed E-state index contributed by atoms with van der Waals surface area (Å²) in [5.74, 6) is -3.13. The summed E-state index contributed by atoms with van der Waals surface area (Å²) in [4.78, 5) is 36.8. The molecule has 0 saturated carbocycles. The SMILES string of the molecule is C=C1C(=O)OC2CC(C)C=CC(=O)C(C)(O)C(O)C(OC(=O)C(C)=CC)C12. The molecular formula is C20H26O7. The third kappa shape index (κ3) is 4.04. The zero-order chi connectivity index (χ0) is 20.5. The number of esters is 2. The molecule has 1 fully saturated rings. The van der Waals surface area contributed by atoms with Crippen molar-refractivity contribution >= 4 is 17.7 Å². The highest BCUT2D eigenvalue weighted by molar-refractivity contribution is 5.97. The molecule has 2 rings (SSSR count). The molecule has 6 atom stereocenters. The lowest BCUT2D eigenvalue weighted by molar-refractivity contribution is -0.178. The summed E-state index contributed by atoms with van der Waals surface area (Å²) in [6.45, 7) is 9.88. The van der Waals surface area contributed by atoms with Crippen LogP contribution in [0.15, 0.2) is 36.0 Å². The predicted molar refractivity (Wildman–Crippen MR) is 96.4 cm³/mol. The molecule has 0 bridgehead atoms. The fourth-order valence-corrected chi connectivity index (χ4v) is 3.25. The van der Waals surface area contributed by atoms with Crippen LogP contribution in [0.1, 0.15) is 34.1 Å². The second-order valence-electron chi connectivity index (χ2n) is 7.37. The van der Waals surface area contributed by atoms with Gasteiger partial charge < -0.3 is 19.7 Å². The number of hydrogen-bond acceptors (Lipinski definition) is 7. The van der Waals surface area contributed by atoms with Gasteiger partial charge in [0.2, 0.25) is 0 Å². The zero-order valence-electron chi connectivity index (χ0n) is 16.0. The van der Waals surface area contributed by atoms with Crippen molar-refractivity contribution in [3.05, 3.63) is 36.0 Å². The first-order valence-corrected chi connectivity index (χ1v) is 8.87. The van der Waals surface area contributed by atoms with E-state index in [1.807, 2.05) is 6.92 Å². The van der Waals surface area contributed by atoms with Gasteiger partial charge in [-0.05, 0) is 39.2 Å². The van der Waals surface area contributed by atoms with Gasteiger partial charge in [-0.3, -0.25) is 4.79 Å². The molecule has 2 aliphatic rings. The van der Waals surface area contributed by atoms with Crippen molar-refractivity contribution in [3.8, 4) is 0 Å². The summed E-state index contributed by atoms with van der Waals surface area (Å²) in [6.07, 6.45) is 0.800. The van der Waals surface area contributed by atoms with E-state index in [4.69, 9.17) is 9.47 Å². The predicted octanol–water partition coefficient (Wildman–Crippen LogP) is 1.24. The van der Waals surface area contributed by atoms with E-state index >= 15 is 0 Å².